The van der Waals surface area contributed by atoms with Gasteiger partial charge in [-0.2, -0.15) is 30.7 Å². The van der Waals surface area contributed by atoms with E-state index in [4.69, 9.17) is 0 Å². The highest BCUT2D eigenvalue weighted by atomic mass is 79.9. The molecule has 0 amide bonds. The minimum Gasteiger partial charge on any atom is -0.218 e. The van der Waals surface area contributed by atoms with Crippen LogP contribution in [0.1, 0.15) is 0 Å². The van der Waals surface area contributed by atoms with Crippen LogP contribution in [0.15, 0.2) is 0 Å². The molecular formula is C4Br2F8. The molecule has 0 aromatic rings. The van der Waals surface area contributed by atoms with E-state index in [2.05, 4.69) is 0 Å². The molecule has 0 spiro atoms. The molecule has 10 heteroatoms. The average molecular weight is 360 g/mol. The Kier molecular flexibility index (Phi) is 3.56. The Morgan fingerprint density at radius 2 is 0.786 bits per heavy atom. The van der Waals surface area contributed by atoms with Crippen molar-refractivity contribution in [3.63, 3.8) is 0 Å². The molecule has 0 radical (unpaired) electrons. The highest BCUT2D eigenvalue weighted by Crippen LogP contribution is 2.58. The van der Waals surface area contributed by atoms with Crippen molar-refractivity contribution in [1.29, 1.82) is 0 Å². The summed E-state index contributed by atoms with van der Waals surface area (Å²) in [4.78, 5) is -10.9. The van der Waals surface area contributed by atoms with Crippen LogP contribution in [0.3, 0.4) is 0 Å². The summed E-state index contributed by atoms with van der Waals surface area (Å²) < 4.78 is 96.0. The molecule has 0 aromatic heterocycles. The van der Waals surface area contributed by atoms with Gasteiger partial charge in [-0.1, -0.05) is 0 Å². The van der Waals surface area contributed by atoms with Gasteiger partial charge in [-0.3, -0.25) is 0 Å². The monoisotopic (exact) mass is 358 g/mol. The Hall–Kier alpha value is 0.400. The second kappa shape index (κ2) is 3.46. The maximum atomic E-state index is 12.6. The van der Waals surface area contributed by atoms with E-state index in [9.17, 15) is 35.1 Å². The second-order valence-electron chi connectivity index (χ2n) is 2.15. The highest BCUT2D eigenvalue weighted by Gasteiger charge is 2.81. The zero-order valence-corrected chi connectivity index (χ0v) is 8.95. The lowest BCUT2D eigenvalue weighted by atomic mass is 10.1. The fraction of sp³-hybridized carbons (Fsp3) is 1.00. The molecule has 0 saturated carbocycles. The van der Waals surface area contributed by atoms with Crippen LogP contribution in [0.4, 0.5) is 35.1 Å². The van der Waals surface area contributed by atoms with Crippen molar-refractivity contribution in [3.05, 3.63) is 0 Å². The molecule has 0 atom stereocenters. The molecule has 0 rings (SSSR count). The highest BCUT2D eigenvalue weighted by molar-refractivity contribution is 9.10. The first kappa shape index (κ1) is 14.4. The van der Waals surface area contributed by atoms with Gasteiger partial charge in [0, 0.05) is 0 Å². The van der Waals surface area contributed by atoms with Gasteiger partial charge < -0.3 is 0 Å². The van der Waals surface area contributed by atoms with Crippen LogP contribution in [0.5, 0.6) is 0 Å². The smallest absolute Gasteiger partial charge is 0.218 e. The molecule has 0 aliphatic rings. The van der Waals surface area contributed by atoms with Crippen LogP contribution in [0, 0.1) is 0 Å². The van der Waals surface area contributed by atoms with E-state index in [1.165, 1.54) is 0 Å². The maximum absolute atomic E-state index is 12.6. The van der Waals surface area contributed by atoms with Gasteiger partial charge in [0.2, 0.25) is 0 Å². The third kappa shape index (κ3) is 2.15. The lowest BCUT2D eigenvalue weighted by molar-refractivity contribution is -0.318. The molecule has 0 aliphatic carbocycles. The first-order valence-electron chi connectivity index (χ1n) is 2.64. The van der Waals surface area contributed by atoms with E-state index in [1.807, 2.05) is 0 Å². The molecule has 86 valence electrons. The van der Waals surface area contributed by atoms with Gasteiger partial charge in [0.25, 0.3) is 0 Å². The van der Waals surface area contributed by atoms with E-state index in [0.29, 0.717) is 0 Å². The van der Waals surface area contributed by atoms with Gasteiger partial charge in [-0.15, -0.1) is 0 Å². The molecule has 0 aliphatic heterocycles. The standard InChI is InChI=1S/C4Br2F8/c5-2(8,9)1(7,3(6,10)11)4(12,13)14. The average Bonchev–Trinajstić information content (AvgIpc) is 1.77. The summed E-state index contributed by atoms with van der Waals surface area (Å²) in [5.74, 6) is 0. The summed E-state index contributed by atoms with van der Waals surface area (Å²) in [6, 6.07) is 0. The maximum Gasteiger partial charge on any atom is 0.436 e. The Morgan fingerprint density at radius 1 is 0.571 bits per heavy atom. The third-order valence-electron chi connectivity index (χ3n) is 1.17. The normalized spacial score (nSPS) is 15.9. The number of hydrogen-bond acceptors (Lipinski definition) is 0. The van der Waals surface area contributed by atoms with Crippen molar-refractivity contribution >= 4 is 31.9 Å². The van der Waals surface area contributed by atoms with Crippen LogP contribution in [0.25, 0.3) is 0 Å². The van der Waals surface area contributed by atoms with E-state index in [1.54, 1.807) is 0 Å². The zero-order chi connectivity index (χ0) is 12.0. The lowest BCUT2D eigenvalue weighted by Crippen LogP contribution is -2.61. The van der Waals surface area contributed by atoms with Crippen LogP contribution in [-0.4, -0.2) is 21.5 Å². The Morgan fingerprint density at radius 3 is 0.786 bits per heavy atom. The molecule has 0 heterocycles. The largest absolute Gasteiger partial charge is 0.436 e. The van der Waals surface area contributed by atoms with Gasteiger partial charge in [-0.25, -0.2) is 4.39 Å². The molecule has 0 fully saturated rings. The Balaban J connectivity index is 5.54. The lowest BCUT2D eigenvalue weighted by Gasteiger charge is -2.34. The van der Waals surface area contributed by atoms with Crippen molar-refractivity contribution in [2.45, 2.75) is 21.5 Å². The summed E-state index contributed by atoms with van der Waals surface area (Å²) in [5, 5.41) is 0. The van der Waals surface area contributed by atoms with E-state index >= 15 is 0 Å². The molecule has 14 heavy (non-hydrogen) atoms. The van der Waals surface area contributed by atoms with Gasteiger partial charge in [0.1, 0.15) is 0 Å². The SMILES string of the molecule is FC(F)(F)C(F)(C(F)(F)Br)C(F)(F)Br. The topological polar surface area (TPSA) is 0 Å². The summed E-state index contributed by atoms with van der Waals surface area (Å²) in [6.45, 7) is 0. The van der Waals surface area contributed by atoms with Crippen molar-refractivity contribution in [3.8, 4) is 0 Å². The predicted octanol–water partition coefficient (Wildman–Crippen LogP) is 4.23. The fourth-order valence-corrected chi connectivity index (χ4v) is 1.70. The summed E-state index contributed by atoms with van der Waals surface area (Å²) in [5.41, 5.74) is -6.02. The van der Waals surface area contributed by atoms with Gasteiger partial charge in [0.05, 0.1) is 0 Å². The van der Waals surface area contributed by atoms with Crippen molar-refractivity contribution in [2.75, 3.05) is 0 Å². The van der Waals surface area contributed by atoms with Crippen molar-refractivity contribution in [1.82, 2.24) is 0 Å². The number of alkyl halides is 10. The zero-order valence-electron chi connectivity index (χ0n) is 5.78. The van der Waals surface area contributed by atoms with Crippen molar-refractivity contribution in [2.24, 2.45) is 0 Å². The van der Waals surface area contributed by atoms with Crippen LogP contribution in [0.2, 0.25) is 0 Å². The molecular weight excluding hydrogens is 360 g/mol. The van der Waals surface area contributed by atoms with Gasteiger partial charge in [0.15, 0.2) is 0 Å². The van der Waals surface area contributed by atoms with Crippen LogP contribution < -0.4 is 0 Å². The summed E-state index contributed by atoms with van der Waals surface area (Å²) >= 11 is 1.87. The number of rotatable bonds is 2. The molecule has 0 saturated heterocycles. The Bertz CT molecular complexity index is 173. The minimum atomic E-state index is -6.44. The quantitative estimate of drug-likeness (QED) is 0.511. The number of hydrogen-bond donors (Lipinski definition) is 0. The minimum absolute atomic E-state index is 0.934. The van der Waals surface area contributed by atoms with E-state index < -0.39 is 21.5 Å². The molecule has 0 unspecified atom stereocenters. The van der Waals surface area contributed by atoms with Crippen LogP contribution >= 0.6 is 31.9 Å². The summed E-state index contributed by atoms with van der Waals surface area (Å²) in [6.07, 6.45) is -6.44. The van der Waals surface area contributed by atoms with E-state index in [0.717, 1.165) is 31.9 Å². The molecule has 0 nitrogen and oxygen atoms in total. The number of halogens is 10. The Labute approximate surface area is 88.9 Å². The molecule has 0 N–H and O–H groups in total. The van der Waals surface area contributed by atoms with Gasteiger partial charge in [-0.05, 0) is 31.9 Å². The van der Waals surface area contributed by atoms with Crippen LogP contribution in [-0.2, 0) is 0 Å². The molecule has 0 bridgehead atoms. The summed E-state index contributed by atoms with van der Waals surface area (Å²) in [7, 11) is 0. The first-order valence-corrected chi connectivity index (χ1v) is 4.23. The predicted molar refractivity (Wildman–Crippen MR) is 37.6 cm³/mol. The van der Waals surface area contributed by atoms with Crippen molar-refractivity contribution < 1.29 is 35.1 Å². The first-order chi connectivity index (χ1) is 5.75. The fourth-order valence-electron chi connectivity index (χ4n) is 0.482. The molecule has 0 aromatic carbocycles. The third-order valence-corrected chi connectivity index (χ3v) is 2.26. The van der Waals surface area contributed by atoms with Gasteiger partial charge >= 0.3 is 21.5 Å². The second-order valence-corrected chi connectivity index (χ2v) is 4.14. The van der Waals surface area contributed by atoms with E-state index in [-0.39, 0.29) is 0 Å².